The van der Waals surface area contributed by atoms with Gasteiger partial charge in [-0.1, -0.05) is 18.2 Å². The molecule has 1 atom stereocenters. The van der Waals surface area contributed by atoms with Gasteiger partial charge in [0.2, 0.25) is 0 Å². The number of hydrogen-bond acceptors (Lipinski definition) is 3. The van der Waals surface area contributed by atoms with E-state index in [0.29, 0.717) is 5.82 Å². The number of fused-ring (bicyclic) bond motifs is 1. The number of benzene rings is 1. The van der Waals surface area contributed by atoms with Gasteiger partial charge >= 0.3 is 0 Å². The lowest BCUT2D eigenvalue weighted by atomic mass is 10.2. The molecule has 4 nitrogen and oxygen atoms in total. The van der Waals surface area contributed by atoms with Crippen molar-refractivity contribution in [3.05, 3.63) is 42.7 Å². The number of nitrogens with zero attached hydrogens (tertiary/aromatic N) is 4. The minimum Gasteiger partial charge on any atom is -0.260 e. The zero-order chi connectivity index (χ0) is 11.7. The van der Waals surface area contributed by atoms with Crippen molar-refractivity contribution in [2.75, 3.05) is 0 Å². The molecule has 1 aromatic carbocycles. The van der Waals surface area contributed by atoms with Crippen LogP contribution in [0.2, 0.25) is 0 Å². The lowest BCUT2D eigenvalue weighted by Crippen LogP contribution is -1.94. The predicted molar refractivity (Wildman–Crippen MR) is 70.5 cm³/mol. The van der Waals surface area contributed by atoms with Crippen LogP contribution in [-0.4, -0.2) is 19.7 Å². The first-order valence-corrected chi connectivity index (χ1v) is 6.15. The van der Waals surface area contributed by atoms with Gasteiger partial charge in [0.05, 0.1) is 11.8 Å². The third kappa shape index (κ3) is 1.71. The largest absolute Gasteiger partial charge is 0.260 e. The molecule has 5 heteroatoms. The van der Waals surface area contributed by atoms with Crippen molar-refractivity contribution in [1.82, 2.24) is 19.7 Å². The normalized spacial score (nSPS) is 10.9. The molecule has 3 rings (SSSR count). The Balaban J connectivity index is 2.31. The van der Waals surface area contributed by atoms with Crippen LogP contribution in [0.3, 0.4) is 0 Å². The highest BCUT2D eigenvalue weighted by Gasteiger charge is 2.12. The van der Waals surface area contributed by atoms with E-state index in [0.717, 1.165) is 22.9 Å². The van der Waals surface area contributed by atoms with Gasteiger partial charge in [-0.3, -0.25) is 4.68 Å². The van der Waals surface area contributed by atoms with Crippen molar-refractivity contribution >= 4 is 20.1 Å². The van der Waals surface area contributed by atoms with E-state index in [1.807, 2.05) is 22.9 Å². The Hall–Kier alpha value is -1.80. The summed E-state index contributed by atoms with van der Waals surface area (Å²) in [4.78, 5) is 8.51. The molecule has 84 valence electrons. The molecule has 2 heterocycles. The van der Waals surface area contributed by atoms with Crippen LogP contribution in [0.1, 0.15) is 0 Å². The summed E-state index contributed by atoms with van der Waals surface area (Å²) in [5, 5.41) is 5.63. The third-order valence-corrected chi connectivity index (χ3v) is 2.95. The standard InChI is InChI=1S/C12H11N4P/c17-8-16-10-5-2-1-4-9(10)11(15-16)12-13-6-3-7-14-12/h1-7H,8,17H2. The molecule has 0 radical (unpaired) electrons. The summed E-state index contributed by atoms with van der Waals surface area (Å²) in [7, 11) is 2.68. The highest BCUT2D eigenvalue weighted by molar-refractivity contribution is 7.15. The molecule has 0 aliphatic carbocycles. The zero-order valence-corrected chi connectivity index (χ0v) is 10.3. The second-order valence-electron chi connectivity index (χ2n) is 3.62. The molecule has 0 N–H and O–H groups in total. The van der Waals surface area contributed by atoms with E-state index in [-0.39, 0.29) is 0 Å². The van der Waals surface area contributed by atoms with Gasteiger partial charge in [-0.2, -0.15) is 5.10 Å². The van der Waals surface area contributed by atoms with E-state index < -0.39 is 0 Å². The summed E-state index contributed by atoms with van der Waals surface area (Å²) >= 11 is 0. The summed E-state index contributed by atoms with van der Waals surface area (Å²) in [6.45, 7) is 0. The molecule has 0 amide bonds. The SMILES string of the molecule is PCn1nc(-c2ncccn2)c2ccccc21. The van der Waals surface area contributed by atoms with E-state index in [1.54, 1.807) is 18.5 Å². The van der Waals surface area contributed by atoms with Crippen LogP contribution in [0.25, 0.3) is 22.4 Å². The van der Waals surface area contributed by atoms with Gasteiger partial charge in [-0.05, 0) is 12.1 Å². The van der Waals surface area contributed by atoms with Gasteiger partial charge in [-0.25, -0.2) is 9.97 Å². The summed E-state index contributed by atoms with van der Waals surface area (Å²) < 4.78 is 1.94. The summed E-state index contributed by atoms with van der Waals surface area (Å²) in [6, 6.07) is 9.92. The topological polar surface area (TPSA) is 43.6 Å². The number of para-hydroxylation sites is 1. The van der Waals surface area contributed by atoms with E-state index in [1.165, 1.54) is 0 Å². The maximum absolute atomic E-state index is 4.55. The second kappa shape index (κ2) is 4.22. The molecule has 0 bridgehead atoms. The van der Waals surface area contributed by atoms with E-state index in [2.05, 4.69) is 30.4 Å². The first-order chi connectivity index (χ1) is 8.40. The van der Waals surface area contributed by atoms with Crippen LogP contribution in [0.5, 0.6) is 0 Å². The third-order valence-electron chi connectivity index (χ3n) is 2.61. The minimum absolute atomic E-state index is 0.668. The molecule has 0 saturated heterocycles. The van der Waals surface area contributed by atoms with E-state index in [4.69, 9.17) is 0 Å². The fraction of sp³-hybridized carbons (Fsp3) is 0.0833. The molecule has 0 fully saturated rings. The molecule has 1 unspecified atom stereocenters. The summed E-state index contributed by atoms with van der Waals surface area (Å²) in [5.74, 6) is 0.668. The number of aromatic nitrogens is 4. The number of hydrogen-bond donors (Lipinski definition) is 0. The van der Waals surface area contributed by atoms with Crippen LogP contribution in [0.4, 0.5) is 0 Å². The molecule has 3 aromatic rings. The van der Waals surface area contributed by atoms with Crippen LogP contribution in [0.15, 0.2) is 42.7 Å². The Morgan fingerprint density at radius 1 is 1.06 bits per heavy atom. The highest BCUT2D eigenvalue weighted by Crippen LogP contribution is 2.25. The van der Waals surface area contributed by atoms with Gasteiger partial charge in [0, 0.05) is 17.8 Å². The Kier molecular flexibility index (Phi) is 2.57. The Bertz CT molecular complexity index is 648. The van der Waals surface area contributed by atoms with Crippen molar-refractivity contribution in [1.29, 1.82) is 0 Å². The van der Waals surface area contributed by atoms with Crippen molar-refractivity contribution < 1.29 is 0 Å². The Labute approximate surface area is 101 Å². The van der Waals surface area contributed by atoms with Gasteiger partial charge < -0.3 is 0 Å². The van der Waals surface area contributed by atoms with E-state index >= 15 is 0 Å². The maximum atomic E-state index is 4.55. The summed E-state index contributed by atoms with van der Waals surface area (Å²) in [6.07, 6.45) is 4.22. The van der Waals surface area contributed by atoms with Crippen LogP contribution < -0.4 is 0 Å². The van der Waals surface area contributed by atoms with E-state index in [9.17, 15) is 0 Å². The molecule has 0 aliphatic rings. The van der Waals surface area contributed by atoms with Gasteiger partial charge in [0.15, 0.2) is 5.82 Å². The van der Waals surface area contributed by atoms with Gasteiger partial charge in [-0.15, -0.1) is 9.24 Å². The van der Waals surface area contributed by atoms with Crippen molar-refractivity contribution in [3.63, 3.8) is 0 Å². The Morgan fingerprint density at radius 3 is 2.59 bits per heavy atom. The molecular weight excluding hydrogens is 231 g/mol. The first kappa shape index (κ1) is 10.4. The molecule has 2 aromatic heterocycles. The number of rotatable bonds is 2. The zero-order valence-electron chi connectivity index (χ0n) is 9.11. The lowest BCUT2D eigenvalue weighted by molar-refractivity contribution is 0.780. The van der Waals surface area contributed by atoms with Crippen LogP contribution >= 0.6 is 9.24 Å². The molecule has 0 aliphatic heterocycles. The predicted octanol–water partition coefficient (Wildman–Crippen LogP) is 2.33. The second-order valence-corrected chi connectivity index (χ2v) is 3.99. The Morgan fingerprint density at radius 2 is 1.82 bits per heavy atom. The average Bonchev–Trinajstić information content (AvgIpc) is 2.78. The highest BCUT2D eigenvalue weighted by atomic mass is 31.0. The van der Waals surface area contributed by atoms with Crippen molar-refractivity contribution in [3.8, 4) is 11.5 Å². The molecule has 0 spiro atoms. The maximum Gasteiger partial charge on any atom is 0.180 e. The minimum atomic E-state index is 0.668. The van der Waals surface area contributed by atoms with Crippen LogP contribution in [0, 0.1) is 0 Å². The fourth-order valence-corrected chi connectivity index (χ4v) is 2.13. The quantitative estimate of drug-likeness (QED) is 0.648. The lowest BCUT2D eigenvalue weighted by Gasteiger charge is -1.95. The van der Waals surface area contributed by atoms with Gasteiger partial charge in [0.25, 0.3) is 0 Å². The molecular formula is C12H11N4P. The molecule has 17 heavy (non-hydrogen) atoms. The first-order valence-electron chi connectivity index (χ1n) is 5.33. The van der Waals surface area contributed by atoms with Crippen molar-refractivity contribution in [2.45, 2.75) is 6.29 Å². The monoisotopic (exact) mass is 242 g/mol. The smallest absolute Gasteiger partial charge is 0.180 e. The molecule has 0 saturated carbocycles. The van der Waals surface area contributed by atoms with Crippen molar-refractivity contribution in [2.24, 2.45) is 0 Å². The fourth-order valence-electron chi connectivity index (χ4n) is 1.85. The van der Waals surface area contributed by atoms with Crippen LogP contribution in [-0.2, 0) is 6.29 Å². The summed E-state index contributed by atoms with van der Waals surface area (Å²) in [5.41, 5.74) is 1.94. The van der Waals surface area contributed by atoms with Gasteiger partial charge in [0.1, 0.15) is 5.69 Å². The average molecular weight is 242 g/mol.